The van der Waals surface area contributed by atoms with Crippen molar-refractivity contribution in [2.45, 2.75) is 13.3 Å². The highest BCUT2D eigenvalue weighted by Crippen LogP contribution is 2.23. The largest absolute Gasteiger partial charge is 0.337 e. The number of carbonyl (C=O) groups excluding carboxylic acids is 1. The van der Waals surface area contributed by atoms with E-state index in [2.05, 4.69) is 10.2 Å². The van der Waals surface area contributed by atoms with Gasteiger partial charge in [-0.1, -0.05) is 11.6 Å². The van der Waals surface area contributed by atoms with Crippen molar-refractivity contribution < 1.29 is 13.2 Å². The number of rotatable bonds is 3. The molecule has 7 nitrogen and oxygen atoms in total. The average Bonchev–Trinajstić information content (AvgIpc) is 2.85. The molecule has 0 aromatic carbocycles. The first-order chi connectivity index (χ1) is 8.78. The van der Waals surface area contributed by atoms with Gasteiger partial charge in [-0.3, -0.25) is 9.89 Å². The number of aromatic nitrogens is 2. The second kappa shape index (κ2) is 5.10. The third-order valence-electron chi connectivity index (χ3n) is 3.12. The Morgan fingerprint density at radius 1 is 1.63 bits per heavy atom. The summed E-state index contributed by atoms with van der Waals surface area (Å²) in [6.45, 7) is 2.57. The lowest BCUT2D eigenvalue weighted by Gasteiger charge is -2.15. The lowest BCUT2D eigenvalue weighted by molar-refractivity contribution is 0.0782. The number of primary sulfonamides is 1. The van der Waals surface area contributed by atoms with Gasteiger partial charge >= 0.3 is 0 Å². The summed E-state index contributed by atoms with van der Waals surface area (Å²) in [7, 11) is -3.51. The SMILES string of the molecule is Cc1[nH]nc(C(=O)N2CC[C@H](CS(N)(=O)=O)C2)c1Cl. The molecule has 1 atom stereocenters. The van der Waals surface area contributed by atoms with Crippen LogP contribution in [-0.4, -0.2) is 48.3 Å². The Hall–Kier alpha value is -1.12. The van der Waals surface area contributed by atoms with E-state index in [1.165, 1.54) is 0 Å². The van der Waals surface area contributed by atoms with E-state index in [-0.39, 0.29) is 23.3 Å². The lowest BCUT2D eigenvalue weighted by atomic mass is 10.2. The minimum Gasteiger partial charge on any atom is -0.337 e. The Morgan fingerprint density at radius 3 is 2.84 bits per heavy atom. The monoisotopic (exact) mass is 306 g/mol. The van der Waals surface area contributed by atoms with Gasteiger partial charge in [0.15, 0.2) is 5.69 Å². The van der Waals surface area contributed by atoms with Crippen molar-refractivity contribution in [3.05, 3.63) is 16.4 Å². The van der Waals surface area contributed by atoms with Crippen LogP contribution >= 0.6 is 11.6 Å². The first-order valence-electron chi connectivity index (χ1n) is 5.78. The Balaban J connectivity index is 2.05. The van der Waals surface area contributed by atoms with Gasteiger partial charge in [0.1, 0.15) is 0 Å². The second-order valence-corrected chi connectivity index (χ2v) is 6.78. The number of sulfonamides is 1. The summed E-state index contributed by atoms with van der Waals surface area (Å²) >= 11 is 5.97. The van der Waals surface area contributed by atoms with E-state index in [1.54, 1.807) is 11.8 Å². The maximum Gasteiger partial charge on any atom is 0.275 e. The quantitative estimate of drug-likeness (QED) is 0.826. The van der Waals surface area contributed by atoms with Crippen molar-refractivity contribution in [1.29, 1.82) is 0 Å². The maximum atomic E-state index is 12.2. The number of hydrogen-bond acceptors (Lipinski definition) is 4. The first-order valence-corrected chi connectivity index (χ1v) is 7.87. The van der Waals surface area contributed by atoms with Gasteiger partial charge in [0, 0.05) is 13.1 Å². The fraction of sp³-hybridized carbons (Fsp3) is 0.600. The second-order valence-electron chi connectivity index (χ2n) is 4.75. The predicted octanol–water partition coefficient (Wildman–Crippen LogP) is 0.122. The van der Waals surface area contributed by atoms with Crippen LogP contribution in [-0.2, 0) is 10.0 Å². The number of nitrogens with one attached hydrogen (secondary N) is 1. The van der Waals surface area contributed by atoms with Gasteiger partial charge in [0.25, 0.3) is 5.91 Å². The van der Waals surface area contributed by atoms with Gasteiger partial charge in [-0.05, 0) is 19.3 Å². The number of nitrogens with zero attached hydrogens (tertiary/aromatic N) is 2. The van der Waals surface area contributed by atoms with Crippen LogP contribution in [0.2, 0.25) is 5.02 Å². The molecule has 3 N–H and O–H groups in total. The summed E-state index contributed by atoms with van der Waals surface area (Å²) in [6, 6.07) is 0. The lowest BCUT2D eigenvalue weighted by Crippen LogP contribution is -2.31. The van der Waals surface area contributed by atoms with Crippen LogP contribution in [0.3, 0.4) is 0 Å². The zero-order chi connectivity index (χ0) is 14.2. The summed E-state index contributed by atoms with van der Waals surface area (Å²) in [5, 5.41) is 11.8. The van der Waals surface area contributed by atoms with Gasteiger partial charge in [0.2, 0.25) is 10.0 Å². The molecule has 1 aliphatic heterocycles. The summed E-state index contributed by atoms with van der Waals surface area (Å²) in [5.41, 5.74) is 0.806. The molecule has 0 radical (unpaired) electrons. The molecule has 2 rings (SSSR count). The highest BCUT2D eigenvalue weighted by atomic mass is 35.5. The molecule has 0 spiro atoms. The fourth-order valence-corrected chi connectivity index (χ4v) is 3.28. The minimum atomic E-state index is -3.51. The smallest absolute Gasteiger partial charge is 0.275 e. The average molecular weight is 307 g/mol. The van der Waals surface area contributed by atoms with Gasteiger partial charge in [-0.2, -0.15) is 5.10 Å². The molecule has 1 saturated heterocycles. The zero-order valence-corrected chi connectivity index (χ0v) is 12.0. The molecule has 9 heteroatoms. The Morgan fingerprint density at radius 2 is 2.32 bits per heavy atom. The van der Waals surface area contributed by atoms with Crippen molar-refractivity contribution in [1.82, 2.24) is 15.1 Å². The molecule has 1 aliphatic rings. The molecule has 0 unspecified atom stereocenters. The van der Waals surface area contributed by atoms with Crippen molar-refractivity contribution in [2.24, 2.45) is 11.1 Å². The number of hydrogen-bond donors (Lipinski definition) is 2. The predicted molar refractivity (Wildman–Crippen MR) is 70.3 cm³/mol. The van der Waals surface area contributed by atoms with Gasteiger partial charge in [-0.15, -0.1) is 0 Å². The molecule has 1 aromatic heterocycles. The summed E-state index contributed by atoms with van der Waals surface area (Å²) in [5.74, 6) is -0.520. The van der Waals surface area contributed by atoms with E-state index in [0.29, 0.717) is 30.2 Å². The number of halogens is 1. The summed E-state index contributed by atoms with van der Waals surface area (Å²) in [6.07, 6.45) is 0.614. The Labute approximate surface area is 116 Å². The number of nitrogens with two attached hydrogens (primary N) is 1. The Kier molecular flexibility index (Phi) is 3.84. The first kappa shape index (κ1) is 14.3. The maximum absolute atomic E-state index is 12.2. The minimum absolute atomic E-state index is 0.107. The van der Waals surface area contributed by atoms with Crippen LogP contribution in [0.4, 0.5) is 0 Å². The van der Waals surface area contributed by atoms with Crippen molar-refractivity contribution in [3.8, 4) is 0 Å². The molecule has 1 aromatic rings. The van der Waals surface area contributed by atoms with E-state index < -0.39 is 10.0 Å². The molecule has 19 heavy (non-hydrogen) atoms. The third kappa shape index (κ3) is 3.26. The highest BCUT2D eigenvalue weighted by molar-refractivity contribution is 7.89. The molecule has 1 fully saturated rings. The van der Waals surface area contributed by atoms with Crippen LogP contribution in [0.25, 0.3) is 0 Å². The number of aryl methyl sites for hydroxylation is 1. The van der Waals surface area contributed by atoms with Crippen molar-refractivity contribution in [2.75, 3.05) is 18.8 Å². The molecule has 2 heterocycles. The number of H-pyrrole nitrogens is 1. The number of aromatic amines is 1. The van der Waals surface area contributed by atoms with Crippen LogP contribution in [0.5, 0.6) is 0 Å². The van der Waals surface area contributed by atoms with Crippen LogP contribution < -0.4 is 5.14 Å². The molecular weight excluding hydrogens is 292 g/mol. The molecule has 0 saturated carbocycles. The normalized spacial score (nSPS) is 19.9. The van der Waals surface area contributed by atoms with E-state index in [1.807, 2.05) is 0 Å². The number of likely N-dealkylation sites (tertiary alicyclic amines) is 1. The van der Waals surface area contributed by atoms with E-state index >= 15 is 0 Å². The van der Waals surface area contributed by atoms with Crippen LogP contribution in [0, 0.1) is 12.8 Å². The van der Waals surface area contributed by atoms with Crippen molar-refractivity contribution >= 4 is 27.5 Å². The fourth-order valence-electron chi connectivity index (χ4n) is 2.19. The molecule has 1 amide bonds. The standard InChI is InChI=1S/C10H15ClN4O3S/c1-6-8(11)9(14-13-6)10(16)15-3-2-7(4-15)5-19(12,17)18/h7H,2-5H2,1H3,(H,13,14)(H2,12,17,18)/t7-/m0/s1. The molecule has 0 aliphatic carbocycles. The van der Waals surface area contributed by atoms with Crippen LogP contribution in [0.1, 0.15) is 22.6 Å². The van der Waals surface area contributed by atoms with Gasteiger partial charge in [-0.25, -0.2) is 13.6 Å². The topological polar surface area (TPSA) is 109 Å². The highest BCUT2D eigenvalue weighted by Gasteiger charge is 2.31. The molecule has 0 bridgehead atoms. The van der Waals surface area contributed by atoms with Crippen LogP contribution in [0.15, 0.2) is 0 Å². The third-order valence-corrected chi connectivity index (χ3v) is 4.51. The summed E-state index contributed by atoms with van der Waals surface area (Å²) in [4.78, 5) is 13.7. The molecule has 106 valence electrons. The van der Waals surface area contributed by atoms with E-state index in [9.17, 15) is 13.2 Å². The van der Waals surface area contributed by atoms with E-state index in [4.69, 9.17) is 16.7 Å². The molecular formula is C10H15ClN4O3S. The van der Waals surface area contributed by atoms with Gasteiger partial charge < -0.3 is 4.90 Å². The number of carbonyl (C=O) groups is 1. The zero-order valence-electron chi connectivity index (χ0n) is 10.4. The summed E-state index contributed by atoms with van der Waals surface area (Å²) < 4.78 is 22.1. The number of amides is 1. The van der Waals surface area contributed by atoms with E-state index in [0.717, 1.165) is 0 Å². The van der Waals surface area contributed by atoms with Crippen molar-refractivity contribution in [3.63, 3.8) is 0 Å². The van der Waals surface area contributed by atoms with Gasteiger partial charge in [0.05, 0.1) is 16.5 Å². The Bertz CT molecular complexity index is 598.